The molecule has 1 atom stereocenters. The van der Waals surface area contributed by atoms with Crippen LogP contribution in [-0.2, 0) is 5.41 Å². The van der Waals surface area contributed by atoms with E-state index in [4.69, 9.17) is 5.10 Å². The lowest BCUT2D eigenvalue weighted by Crippen LogP contribution is -2.44. The largest absolute Gasteiger partial charge is 0.345 e. The van der Waals surface area contributed by atoms with Crippen LogP contribution in [0.1, 0.15) is 37.5 Å². The monoisotopic (exact) mass is 346 g/mol. The van der Waals surface area contributed by atoms with Gasteiger partial charge in [-0.2, -0.15) is 9.78 Å². The average molecular weight is 346 g/mol. The van der Waals surface area contributed by atoms with E-state index in [1.807, 2.05) is 16.8 Å². The molecule has 0 radical (unpaired) electrons. The lowest BCUT2D eigenvalue weighted by atomic mass is 9.92. The number of hydrogen-bond acceptors (Lipinski definition) is 7. The Hall–Kier alpha value is -2.42. The minimum absolute atomic E-state index is 0.0623. The second kappa shape index (κ2) is 5.04. The molecule has 0 saturated carbocycles. The van der Waals surface area contributed by atoms with E-state index in [1.54, 1.807) is 6.07 Å². The average Bonchev–Trinajstić information content (AvgIpc) is 3.23. The summed E-state index contributed by atoms with van der Waals surface area (Å²) in [6.07, 6.45) is -0.151. The van der Waals surface area contributed by atoms with Gasteiger partial charge >= 0.3 is 5.00 Å². The first kappa shape index (κ1) is 15.1. The molecule has 24 heavy (non-hydrogen) atoms. The molecule has 0 spiro atoms. The van der Waals surface area contributed by atoms with Crippen molar-refractivity contribution in [2.24, 2.45) is 4.99 Å². The lowest BCUT2D eigenvalue weighted by Gasteiger charge is -2.35. The third-order valence-electron chi connectivity index (χ3n) is 4.18. The van der Waals surface area contributed by atoms with Crippen molar-refractivity contribution >= 4 is 28.1 Å². The number of aromatic nitrogens is 2. The quantitative estimate of drug-likeness (QED) is 0.667. The molecule has 1 N–H and O–H groups in total. The second-order valence-corrected chi connectivity index (χ2v) is 8.03. The number of hydrogen-bond donors (Lipinski definition) is 1. The van der Waals surface area contributed by atoms with Crippen molar-refractivity contribution in [1.82, 2.24) is 14.7 Å². The summed E-state index contributed by atoms with van der Waals surface area (Å²) < 4.78 is 1.84. The minimum atomic E-state index is -0.349. The van der Waals surface area contributed by atoms with E-state index >= 15 is 0 Å². The fourth-order valence-electron chi connectivity index (χ4n) is 2.91. The maximum atomic E-state index is 11.0. The van der Waals surface area contributed by atoms with Crippen LogP contribution in [-0.4, -0.2) is 38.7 Å². The van der Waals surface area contributed by atoms with Crippen molar-refractivity contribution in [1.29, 1.82) is 0 Å². The van der Waals surface area contributed by atoms with Crippen LogP contribution in [0.5, 0.6) is 0 Å². The van der Waals surface area contributed by atoms with E-state index in [0.29, 0.717) is 6.54 Å². The Balaban J connectivity index is 1.75. The Kier molecular flexibility index (Phi) is 3.17. The van der Waals surface area contributed by atoms with E-state index in [9.17, 15) is 10.1 Å². The van der Waals surface area contributed by atoms with Crippen molar-refractivity contribution in [3.63, 3.8) is 0 Å². The first-order chi connectivity index (χ1) is 11.3. The normalized spacial score (nSPS) is 19.5. The van der Waals surface area contributed by atoms with Crippen molar-refractivity contribution in [3.8, 4) is 0 Å². The summed E-state index contributed by atoms with van der Waals surface area (Å²) in [5, 5.41) is 19.3. The Morgan fingerprint density at radius 2 is 2.21 bits per heavy atom. The van der Waals surface area contributed by atoms with Crippen LogP contribution in [0.4, 0.5) is 10.8 Å². The lowest BCUT2D eigenvalue weighted by molar-refractivity contribution is -0.380. The van der Waals surface area contributed by atoms with E-state index in [0.717, 1.165) is 28.9 Å². The van der Waals surface area contributed by atoms with Crippen molar-refractivity contribution in [2.45, 2.75) is 32.4 Å². The number of fused-ring (bicyclic) bond motifs is 3. The standard InChI is InChI=1S/C15H18N6O2S/c1-15(2,3)10-8-11-17-13(9-4-5-12(24-9)21(22)23)19-7-6-16-14(19)20(11)18-10/h4-5,8,13,17H,6-7H2,1-3H3. The van der Waals surface area contributed by atoms with Gasteiger partial charge in [0, 0.05) is 24.1 Å². The van der Waals surface area contributed by atoms with Crippen LogP contribution in [0, 0.1) is 10.1 Å². The summed E-state index contributed by atoms with van der Waals surface area (Å²) in [4.78, 5) is 18.2. The molecule has 0 amide bonds. The van der Waals surface area contributed by atoms with Crippen LogP contribution in [0.15, 0.2) is 23.2 Å². The molecule has 2 aromatic heterocycles. The molecular weight excluding hydrogens is 328 g/mol. The number of aliphatic imine (C=N–C) groups is 1. The highest BCUT2D eigenvalue weighted by atomic mass is 32.1. The molecule has 0 saturated heterocycles. The van der Waals surface area contributed by atoms with Gasteiger partial charge in [0.15, 0.2) is 0 Å². The van der Waals surface area contributed by atoms with Gasteiger partial charge in [0.1, 0.15) is 12.0 Å². The predicted molar refractivity (Wildman–Crippen MR) is 92.7 cm³/mol. The fourth-order valence-corrected chi connectivity index (χ4v) is 3.80. The molecule has 2 aliphatic heterocycles. The van der Waals surface area contributed by atoms with Gasteiger partial charge < -0.3 is 10.2 Å². The first-order valence-electron chi connectivity index (χ1n) is 7.77. The van der Waals surface area contributed by atoms with Gasteiger partial charge in [-0.3, -0.25) is 10.1 Å². The number of nitrogens with one attached hydrogen (secondary N) is 1. The highest BCUT2D eigenvalue weighted by Gasteiger charge is 2.37. The summed E-state index contributed by atoms with van der Waals surface area (Å²) >= 11 is 1.20. The zero-order chi connectivity index (χ0) is 17.1. The summed E-state index contributed by atoms with van der Waals surface area (Å²) in [6, 6.07) is 5.40. The zero-order valence-corrected chi connectivity index (χ0v) is 14.5. The van der Waals surface area contributed by atoms with E-state index in [1.165, 1.54) is 11.3 Å². The fraction of sp³-hybridized carbons (Fsp3) is 0.467. The molecule has 126 valence electrons. The molecule has 1 unspecified atom stereocenters. The summed E-state index contributed by atoms with van der Waals surface area (Å²) in [6.45, 7) is 7.83. The van der Waals surface area contributed by atoms with Crippen LogP contribution in [0.25, 0.3) is 0 Å². The third kappa shape index (κ3) is 2.27. The van der Waals surface area contributed by atoms with E-state index in [-0.39, 0.29) is 21.5 Å². The Labute approximate surface area is 143 Å². The van der Waals surface area contributed by atoms with Gasteiger partial charge in [-0.05, 0) is 6.07 Å². The maximum absolute atomic E-state index is 11.0. The molecule has 2 aliphatic rings. The molecule has 2 aromatic rings. The summed E-state index contributed by atoms with van der Waals surface area (Å²) in [5.74, 6) is 1.68. The number of nitrogens with zero attached hydrogens (tertiary/aromatic N) is 5. The topological polar surface area (TPSA) is 88.6 Å². The Morgan fingerprint density at radius 1 is 1.42 bits per heavy atom. The number of anilines is 1. The van der Waals surface area contributed by atoms with Crippen LogP contribution < -0.4 is 5.32 Å². The molecule has 0 bridgehead atoms. The third-order valence-corrected chi connectivity index (χ3v) is 5.27. The number of nitro groups is 1. The molecule has 0 aliphatic carbocycles. The van der Waals surface area contributed by atoms with Gasteiger partial charge in [-0.25, -0.2) is 4.99 Å². The number of rotatable bonds is 2. The maximum Gasteiger partial charge on any atom is 0.324 e. The van der Waals surface area contributed by atoms with E-state index < -0.39 is 0 Å². The summed E-state index contributed by atoms with van der Waals surface area (Å²) in [5.41, 5.74) is 0.921. The molecule has 0 fully saturated rings. The van der Waals surface area contributed by atoms with Crippen molar-refractivity contribution < 1.29 is 4.92 Å². The van der Waals surface area contributed by atoms with Gasteiger partial charge in [-0.1, -0.05) is 32.1 Å². The van der Waals surface area contributed by atoms with E-state index in [2.05, 4.69) is 36.0 Å². The highest BCUT2D eigenvalue weighted by Crippen LogP contribution is 2.37. The predicted octanol–water partition coefficient (Wildman–Crippen LogP) is 2.79. The zero-order valence-electron chi connectivity index (χ0n) is 13.7. The van der Waals surface area contributed by atoms with Gasteiger partial charge in [0.2, 0.25) is 5.96 Å². The smallest absolute Gasteiger partial charge is 0.324 e. The van der Waals surface area contributed by atoms with Gasteiger partial charge in [-0.15, -0.1) is 0 Å². The van der Waals surface area contributed by atoms with Crippen LogP contribution in [0.2, 0.25) is 0 Å². The molecule has 4 heterocycles. The highest BCUT2D eigenvalue weighted by molar-refractivity contribution is 7.15. The number of thiophene rings is 1. The van der Waals surface area contributed by atoms with Crippen LogP contribution >= 0.6 is 11.3 Å². The van der Waals surface area contributed by atoms with Gasteiger partial charge in [0.25, 0.3) is 0 Å². The molecule has 0 aromatic carbocycles. The molecule has 4 rings (SSSR count). The SMILES string of the molecule is CC(C)(C)c1cc2n(n1)C1=NCCN1C(c1ccc([N+](=O)[O-])s1)N2. The summed E-state index contributed by atoms with van der Waals surface area (Å²) in [7, 11) is 0. The van der Waals surface area contributed by atoms with Crippen molar-refractivity contribution in [3.05, 3.63) is 38.9 Å². The molecular formula is C15H18N6O2S. The second-order valence-electron chi connectivity index (χ2n) is 6.93. The first-order valence-corrected chi connectivity index (χ1v) is 8.59. The molecule has 8 nitrogen and oxygen atoms in total. The van der Waals surface area contributed by atoms with Crippen molar-refractivity contribution in [2.75, 3.05) is 18.4 Å². The van der Waals surface area contributed by atoms with Gasteiger partial charge in [0.05, 0.1) is 22.0 Å². The Bertz CT molecular complexity index is 847. The Morgan fingerprint density at radius 3 is 2.88 bits per heavy atom. The minimum Gasteiger partial charge on any atom is -0.345 e. The molecule has 9 heteroatoms. The van der Waals surface area contributed by atoms with Crippen LogP contribution in [0.3, 0.4) is 0 Å².